The highest BCUT2D eigenvalue weighted by molar-refractivity contribution is 7.80. The van der Waals surface area contributed by atoms with Crippen LogP contribution in [0.2, 0.25) is 0 Å². The molecule has 13 nitrogen and oxygen atoms in total. The van der Waals surface area contributed by atoms with E-state index >= 15 is 0 Å². The third kappa shape index (κ3) is 35.8. The van der Waals surface area contributed by atoms with Gasteiger partial charge >= 0.3 is 10.4 Å². The fourth-order valence-corrected chi connectivity index (χ4v) is 9.74. The molecule has 1 amide bonds. The third-order valence-electron chi connectivity index (χ3n) is 13.7. The van der Waals surface area contributed by atoms with Gasteiger partial charge in [0.05, 0.1) is 25.4 Å². The number of allylic oxidation sites excluding steroid dienone is 2. The van der Waals surface area contributed by atoms with Gasteiger partial charge in [-0.2, -0.15) is 8.42 Å². The van der Waals surface area contributed by atoms with Gasteiger partial charge < -0.3 is 40.3 Å². The Morgan fingerprint density at radius 1 is 0.574 bits per heavy atom. The molecule has 0 spiro atoms. The zero-order valence-electron chi connectivity index (χ0n) is 43.3. The molecule has 1 aliphatic heterocycles. The maximum absolute atomic E-state index is 13.2. The Bertz CT molecular complexity index is 1270. The van der Waals surface area contributed by atoms with Crippen molar-refractivity contribution in [2.24, 2.45) is 0 Å². The van der Waals surface area contributed by atoms with E-state index in [-0.39, 0.29) is 6.42 Å². The molecule has 0 saturated carbocycles. The lowest BCUT2D eigenvalue weighted by molar-refractivity contribution is -0.298. The summed E-state index contributed by atoms with van der Waals surface area (Å²) in [5.74, 6) is -0.670. The Morgan fingerprint density at radius 2 is 0.941 bits per heavy atom. The smallest absolute Gasteiger partial charge is 0.394 e. The first-order valence-corrected chi connectivity index (χ1v) is 29.5. The molecule has 1 heterocycles. The molecule has 68 heavy (non-hydrogen) atoms. The molecule has 7 N–H and O–H groups in total. The molecule has 1 aliphatic rings. The molecule has 0 aliphatic carbocycles. The number of rotatable bonds is 49. The van der Waals surface area contributed by atoms with Gasteiger partial charge in [-0.25, -0.2) is 4.18 Å². The SMILES string of the molecule is CCCCCCCCCCCCCC/C=C\CCCCCCCCC(O)C(=O)NC(COC1OC(CO)C(O)C(OS(=O)(=O)O)C1O)C(O)CCCCCCCCCCCCCCCCCCC. The maximum atomic E-state index is 13.2. The Hall–Kier alpha value is -1.20. The van der Waals surface area contributed by atoms with Crippen molar-refractivity contribution in [2.75, 3.05) is 13.2 Å². The van der Waals surface area contributed by atoms with Crippen LogP contribution in [0.5, 0.6) is 0 Å². The van der Waals surface area contributed by atoms with Crippen LogP contribution in [0.4, 0.5) is 0 Å². The molecule has 0 bridgehead atoms. The summed E-state index contributed by atoms with van der Waals surface area (Å²) in [5.41, 5.74) is 0. The Kier molecular flexibility index (Phi) is 42.4. The molecule has 1 rings (SSSR count). The zero-order valence-corrected chi connectivity index (χ0v) is 44.1. The molecule has 8 unspecified atom stereocenters. The molecule has 8 atom stereocenters. The van der Waals surface area contributed by atoms with E-state index in [9.17, 15) is 43.3 Å². The Labute approximate surface area is 415 Å². The standard InChI is InChI=1S/C54H105NO12S/c1-3-5-7-9-11-13-15-17-19-21-22-23-24-25-27-29-31-33-35-37-39-41-43-48(58)53(61)55-46(45-65-54-51(60)52(67-68(62,63)64)50(59)49(44-56)66-54)47(57)42-40-38-36-34-32-30-28-26-20-18-16-14-12-10-8-6-4-2/h25,27,46-52,54,56-60H,3-24,26,28-45H2,1-2H3,(H,55,61)(H,62,63,64)/b27-25-. The van der Waals surface area contributed by atoms with Crippen molar-refractivity contribution >= 4 is 16.3 Å². The second-order valence-electron chi connectivity index (χ2n) is 20.0. The van der Waals surface area contributed by atoms with Gasteiger partial charge in [0.25, 0.3) is 0 Å². The van der Waals surface area contributed by atoms with Crippen molar-refractivity contribution in [1.29, 1.82) is 0 Å². The largest absolute Gasteiger partial charge is 0.397 e. The first-order valence-electron chi connectivity index (χ1n) is 28.2. The molecule has 14 heteroatoms. The number of amides is 1. The minimum atomic E-state index is -5.11. The Balaban J connectivity index is 2.42. The molecule has 0 radical (unpaired) electrons. The molecular weight excluding hydrogens is 887 g/mol. The van der Waals surface area contributed by atoms with Gasteiger partial charge in [0.15, 0.2) is 6.29 Å². The van der Waals surface area contributed by atoms with Crippen LogP contribution in [-0.2, 0) is 28.9 Å². The van der Waals surface area contributed by atoms with Gasteiger partial charge in [0.2, 0.25) is 5.91 Å². The van der Waals surface area contributed by atoms with Crippen LogP contribution in [0, 0.1) is 0 Å². The van der Waals surface area contributed by atoms with Gasteiger partial charge in [-0.15, -0.1) is 0 Å². The molecule has 0 aromatic rings. The van der Waals surface area contributed by atoms with E-state index in [4.69, 9.17) is 9.47 Å². The number of aliphatic hydroxyl groups excluding tert-OH is 5. The van der Waals surface area contributed by atoms with E-state index in [1.807, 2.05) is 0 Å². The van der Waals surface area contributed by atoms with E-state index in [1.165, 1.54) is 167 Å². The summed E-state index contributed by atoms with van der Waals surface area (Å²) >= 11 is 0. The van der Waals surface area contributed by atoms with Gasteiger partial charge in [-0.05, 0) is 38.5 Å². The number of unbranched alkanes of at least 4 members (excludes halogenated alkanes) is 34. The third-order valence-corrected chi connectivity index (χ3v) is 14.1. The second-order valence-corrected chi connectivity index (χ2v) is 21.1. The Morgan fingerprint density at radius 3 is 1.32 bits per heavy atom. The van der Waals surface area contributed by atoms with Crippen molar-refractivity contribution in [3.05, 3.63) is 12.2 Å². The van der Waals surface area contributed by atoms with E-state index < -0.39 is 78.5 Å². The van der Waals surface area contributed by atoms with E-state index in [2.05, 4.69) is 35.5 Å². The van der Waals surface area contributed by atoms with Gasteiger partial charge in [-0.3, -0.25) is 9.35 Å². The van der Waals surface area contributed by atoms with Crippen LogP contribution >= 0.6 is 0 Å². The number of ether oxygens (including phenoxy) is 2. The number of carbonyl (C=O) groups excluding carboxylic acids is 1. The summed E-state index contributed by atoms with van der Waals surface area (Å²) in [5, 5.41) is 55.7. The normalized spacial score (nSPS) is 20.3. The first-order chi connectivity index (χ1) is 32.9. The highest BCUT2D eigenvalue weighted by atomic mass is 32.3. The quantitative estimate of drug-likeness (QED) is 0.0172. The second kappa shape index (κ2) is 44.5. The average Bonchev–Trinajstić information content (AvgIpc) is 3.31. The van der Waals surface area contributed by atoms with E-state index in [1.54, 1.807) is 0 Å². The van der Waals surface area contributed by atoms with Gasteiger partial charge in [0, 0.05) is 0 Å². The van der Waals surface area contributed by atoms with E-state index in [0.29, 0.717) is 19.3 Å². The molecule has 0 aromatic carbocycles. The van der Waals surface area contributed by atoms with Crippen molar-refractivity contribution in [1.82, 2.24) is 5.32 Å². The van der Waals surface area contributed by atoms with Crippen LogP contribution in [0.3, 0.4) is 0 Å². The summed E-state index contributed by atoms with van der Waals surface area (Å²) in [6.07, 6.45) is 39.6. The van der Waals surface area contributed by atoms with Crippen LogP contribution in [-0.4, -0.2) is 107 Å². The van der Waals surface area contributed by atoms with Crippen LogP contribution in [0.1, 0.15) is 264 Å². The van der Waals surface area contributed by atoms with Crippen molar-refractivity contribution in [3.63, 3.8) is 0 Å². The summed E-state index contributed by atoms with van der Waals surface area (Å²) in [4.78, 5) is 13.2. The lowest BCUT2D eigenvalue weighted by Gasteiger charge is -2.41. The molecule has 404 valence electrons. The summed E-state index contributed by atoms with van der Waals surface area (Å²) in [6, 6.07) is -1.03. The first kappa shape index (κ1) is 64.8. The fourth-order valence-electron chi connectivity index (χ4n) is 9.23. The van der Waals surface area contributed by atoms with Crippen molar-refractivity contribution in [2.45, 2.75) is 313 Å². The predicted molar refractivity (Wildman–Crippen MR) is 275 cm³/mol. The topological polar surface area (TPSA) is 212 Å². The molecule has 1 fully saturated rings. The minimum absolute atomic E-state index is 0.256. The van der Waals surface area contributed by atoms with Crippen LogP contribution in [0.25, 0.3) is 0 Å². The number of nitrogens with one attached hydrogen (secondary N) is 1. The number of aliphatic hydroxyl groups is 5. The predicted octanol–water partition coefficient (Wildman–Crippen LogP) is 11.6. The summed E-state index contributed by atoms with van der Waals surface area (Å²) in [7, 11) is -5.11. The fraction of sp³-hybridized carbons (Fsp3) is 0.944. The lowest BCUT2D eigenvalue weighted by atomic mass is 9.99. The van der Waals surface area contributed by atoms with Crippen LogP contribution < -0.4 is 5.32 Å². The number of carbonyl (C=O) groups is 1. The highest BCUT2D eigenvalue weighted by Crippen LogP contribution is 2.26. The minimum Gasteiger partial charge on any atom is -0.394 e. The lowest BCUT2D eigenvalue weighted by Crippen LogP contribution is -2.61. The molecule has 1 saturated heterocycles. The number of hydrogen-bond donors (Lipinski definition) is 7. The molecule has 0 aromatic heterocycles. The van der Waals surface area contributed by atoms with Crippen molar-refractivity contribution in [3.8, 4) is 0 Å². The maximum Gasteiger partial charge on any atom is 0.397 e. The van der Waals surface area contributed by atoms with Crippen LogP contribution in [0.15, 0.2) is 12.2 Å². The average molecular weight is 992 g/mol. The van der Waals surface area contributed by atoms with E-state index in [0.717, 1.165) is 57.8 Å². The zero-order chi connectivity index (χ0) is 49.9. The van der Waals surface area contributed by atoms with Gasteiger partial charge in [0.1, 0.15) is 30.5 Å². The summed E-state index contributed by atoms with van der Waals surface area (Å²) < 4.78 is 47.8. The van der Waals surface area contributed by atoms with Gasteiger partial charge in [-0.1, -0.05) is 238 Å². The summed E-state index contributed by atoms with van der Waals surface area (Å²) in [6.45, 7) is 3.32. The highest BCUT2D eigenvalue weighted by Gasteiger charge is 2.48. The number of hydrogen-bond acceptors (Lipinski definition) is 11. The van der Waals surface area contributed by atoms with Crippen molar-refractivity contribution < 1.29 is 57.0 Å². The monoisotopic (exact) mass is 992 g/mol. The molecular formula is C54H105NO12S.